The average molecular weight is 233 g/mol. The first-order valence-electron chi connectivity index (χ1n) is 6.49. The summed E-state index contributed by atoms with van der Waals surface area (Å²) in [4.78, 5) is 0. The molecule has 2 heterocycles. The summed E-state index contributed by atoms with van der Waals surface area (Å²) in [6.07, 6.45) is 3.82. The van der Waals surface area contributed by atoms with E-state index in [0.29, 0.717) is 12.6 Å². The van der Waals surface area contributed by atoms with Crippen LogP contribution in [0.15, 0.2) is 30.3 Å². The van der Waals surface area contributed by atoms with Crippen molar-refractivity contribution in [2.24, 2.45) is 0 Å². The van der Waals surface area contributed by atoms with Crippen molar-refractivity contribution in [2.45, 2.75) is 37.7 Å². The molecular weight excluding hydrogens is 214 g/mol. The largest absolute Gasteiger partial charge is 0.346 e. The van der Waals surface area contributed by atoms with E-state index in [1.165, 1.54) is 19.3 Å². The summed E-state index contributed by atoms with van der Waals surface area (Å²) in [7, 11) is 0. The smallest absolute Gasteiger partial charge is 0.184 e. The molecule has 0 aromatic heterocycles. The lowest BCUT2D eigenvalue weighted by molar-refractivity contribution is -0.0668. The minimum atomic E-state index is -0.176. The maximum Gasteiger partial charge on any atom is 0.184 e. The monoisotopic (exact) mass is 233 g/mol. The zero-order valence-corrected chi connectivity index (χ0v) is 9.97. The van der Waals surface area contributed by atoms with Crippen LogP contribution >= 0.6 is 0 Å². The summed E-state index contributed by atoms with van der Waals surface area (Å²) >= 11 is 0. The maximum atomic E-state index is 6.00. The molecule has 0 radical (unpaired) electrons. The van der Waals surface area contributed by atoms with E-state index < -0.39 is 0 Å². The van der Waals surface area contributed by atoms with Crippen LogP contribution in [0.4, 0.5) is 0 Å². The van der Waals surface area contributed by atoms with Crippen molar-refractivity contribution in [3.05, 3.63) is 35.9 Å². The van der Waals surface area contributed by atoms with E-state index in [4.69, 9.17) is 9.47 Å². The van der Waals surface area contributed by atoms with E-state index in [2.05, 4.69) is 17.4 Å². The molecule has 0 aliphatic carbocycles. The molecule has 0 saturated carbocycles. The molecule has 17 heavy (non-hydrogen) atoms. The summed E-state index contributed by atoms with van der Waals surface area (Å²) in [5.74, 6) is 0. The van der Waals surface area contributed by atoms with Gasteiger partial charge in [0.1, 0.15) is 0 Å². The standard InChI is InChI=1S/C14H19NO2/c1-2-6-11(7-3-1)14-16-10-13(17-14)12-8-4-5-9-15-12/h1-3,6-7,12-15H,4-5,8-10H2/t12-,13+,14-/m1/s1. The zero-order valence-electron chi connectivity index (χ0n) is 9.97. The molecule has 0 amide bonds. The molecule has 0 unspecified atom stereocenters. The van der Waals surface area contributed by atoms with E-state index in [1.807, 2.05) is 18.2 Å². The minimum Gasteiger partial charge on any atom is -0.346 e. The fraction of sp³-hybridized carbons (Fsp3) is 0.571. The Morgan fingerprint density at radius 3 is 2.76 bits per heavy atom. The second-order valence-electron chi connectivity index (χ2n) is 4.81. The van der Waals surface area contributed by atoms with E-state index in [1.54, 1.807) is 0 Å². The van der Waals surface area contributed by atoms with Crippen molar-refractivity contribution < 1.29 is 9.47 Å². The van der Waals surface area contributed by atoms with Gasteiger partial charge in [-0.3, -0.25) is 0 Å². The first kappa shape index (κ1) is 11.2. The number of hydrogen-bond donors (Lipinski definition) is 1. The molecule has 3 rings (SSSR count). The predicted molar refractivity (Wildman–Crippen MR) is 65.6 cm³/mol. The number of hydrogen-bond acceptors (Lipinski definition) is 3. The SMILES string of the molecule is c1ccc([C@@H]2OC[C@@H]([C@H]3CCCCN3)O2)cc1. The van der Waals surface area contributed by atoms with E-state index >= 15 is 0 Å². The van der Waals surface area contributed by atoms with Crippen molar-refractivity contribution in [3.63, 3.8) is 0 Å². The van der Waals surface area contributed by atoms with Crippen LogP contribution in [0.3, 0.4) is 0 Å². The maximum absolute atomic E-state index is 6.00. The molecule has 2 fully saturated rings. The topological polar surface area (TPSA) is 30.5 Å². The Morgan fingerprint density at radius 2 is 2.00 bits per heavy atom. The molecule has 2 aliphatic rings. The fourth-order valence-corrected chi connectivity index (χ4v) is 2.61. The molecule has 1 aromatic carbocycles. The second-order valence-corrected chi connectivity index (χ2v) is 4.81. The third kappa shape index (κ3) is 2.51. The van der Waals surface area contributed by atoms with Crippen molar-refractivity contribution in [2.75, 3.05) is 13.2 Å². The molecule has 3 atom stereocenters. The molecule has 0 spiro atoms. The van der Waals surface area contributed by atoms with E-state index in [0.717, 1.165) is 12.1 Å². The van der Waals surface area contributed by atoms with Gasteiger partial charge in [-0.05, 0) is 19.4 Å². The molecule has 92 valence electrons. The molecule has 2 aliphatic heterocycles. The van der Waals surface area contributed by atoms with Crippen LogP contribution in [0.25, 0.3) is 0 Å². The van der Waals surface area contributed by atoms with Gasteiger partial charge in [0.25, 0.3) is 0 Å². The van der Waals surface area contributed by atoms with E-state index in [9.17, 15) is 0 Å². The van der Waals surface area contributed by atoms with Crippen LogP contribution in [0.1, 0.15) is 31.1 Å². The molecule has 3 nitrogen and oxygen atoms in total. The molecular formula is C14H19NO2. The highest BCUT2D eigenvalue weighted by Crippen LogP contribution is 2.29. The lowest BCUT2D eigenvalue weighted by Crippen LogP contribution is -2.44. The summed E-state index contributed by atoms with van der Waals surface area (Å²) in [5, 5.41) is 3.53. The quantitative estimate of drug-likeness (QED) is 0.849. The van der Waals surface area contributed by atoms with Gasteiger partial charge in [0.15, 0.2) is 6.29 Å². The van der Waals surface area contributed by atoms with Crippen molar-refractivity contribution in [1.29, 1.82) is 0 Å². The minimum absolute atomic E-state index is 0.176. The first-order chi connectivity index (χ1) is 8.43. The van der Waals surface area contributed by atoms with Crippen LogP contribution in [0.2, 0.25) is 0 Å². The van der Waals surface area contributed by atoms with Crippen molar-refractivity contribution >= 4 is 0 Å². The van der Waals surface area contributed by atoms with Gasteiger partial charge in [0.2, 0.25) is 0 Å². The normalized spacial score (nSPS) is 33.8. The van der Waals surface area contributed by atoms with Crippen molar-refractivity contribution in [3.8, 4) is 0 Å². The Labute approximate surface area is 102 Å². The average Bonchev–Trinajstić information content (AvgIpc) is 2.90. The zero-order chi connectivity index (χ0) is 11.5. The molecule has 3 heteroatoms. The van der Waals surface area contributed by atoms with Gasteiger partial charge >= 0.3 is 0 Å². The second kappa shape index (κ2) is 5.17. The highest BCUT2D eigenvalue weighted by atomic mass is 16.7. The molecule has 2 saturated heterocycles. The Bertz CT molecular complexity index is 348. The summed E-state index contributed by atoms with van der Waals surface area (Å²) < 4.78 is 11.7. The van der Waals surface area contributed by atoms with Gasteiger partial charge in [0, 0.05) is 11.6 Å². The Kier molecular flexibility index (Phi) is 3.41. The number of rotatable bonds is 2. The Morgan fingerprint density at radius 1 is 1.12 bits per heavy atom. The third-order valence-electron chi connectivity index (χ3n) is 3.58. The predicted octanol–water partition coefficient (Wildman–Crippen LogP) is 2.24. The lowest BCUT2D eigenvalue weighted by atomic mass is 10.0. The van der Waals surface area contributed by atoms with E-state index in [-0.39, 0.29) is 12.4 Å². The van der Waals surface area contributed by atoms with Crippen LogP contribution in [0.5, 0.6) is 0 Å². The van der Waals surface area contributed by atoms with Gasteiger partial charge in [0.05, 0.1) is 12.7 Å². The van der Waals surface area contributed by atoms with Crippen LogP contribution in [0, 0.1) is 0 Å². The summed E-state index contributed by atoms with van der Waals surface area (Å²) in [6, 6.07) is 10.6. The third-order valence-corrected chi connectivity index (χ3v) is 3.58. The number of nitrogens with one attached hydrogen (secondary N) is 1. The Hall–Kier alpha value is -0.900. The van der Waals surface area contributed by atoms with Gasteiger partial charge in [-0.1, -0.05) is 36.8 Å². The highest BCUT2D eigenvalue weighted by Gasteiger charge is 2.33. The summed E-state index contributed by atoms with van der Waals surface area (Å²) in [5.41, 5.74) is 1.12. The lowest BCUT2D eigenvalue weighted by Gasteiger charge is -2.27. The number of ether oxygens (including phenoxy) is 2. The van der Waals surface area contributed by atoms with Gasteiger partial charge in [-0.2, -0.15) is 0 Å². The number of benzene rings is 1. The van der Waals surface area contributed by atoms with Crippen LogP contribution in [-0.2, 0) is 9.47 Å². The number of piperidine rings is 1. The van der Waals surface area contributed by atoms with Gasteiger partial charge < -0.3 is 14.8 Å². The molecule has 1 aromatic rings. The van der Waals surface area contributed by atoms with Gasteiger partial charge in [-0.25, -0.2) is 0 Å². The first-order valence-corrected chi connectivity index (χ1v) is 6.49. The van der Waals surface area contributed by atoms with Crippen molar-refractivity contribution in [1.82, 2.24) is 5.32 Å². The van der Waals surface area contributed by atoms with Crippen LogP contribution < -0.4 is 5.32 Å². The van der Waals surface area contributed by atoms with Gasteiger partial charge in [-0.15, -0.1) is 0 Å². The fourth-order valence-electron chi connectivity index (χ4n) is 2.61. The summed E-state index contributed by atoms with van der Waals surface area (Å²) in [6.45, 7) is 1.82. The molecule has 0 bridgehead atoms. The molecule has 1 N–H and O–H groups in total. The van der Waals surface area contributed by atoms with Crippen LogP contribution in [-0.4, -0.2) is 25.3 Å². The highest BCUT2D eigenvalue weighted by molar-refractivity contribution is 5.16. The Balaban J connectivity index is 1.61.